The summed E-state index contributed by atoms with van der Waals surface area (Å²) >= 11 is 1.35. The molecule has 3 rings (SSSR count). The first-order chi connectivity index (χ1) is 7.81. The molecule has 1 aromatic heterocycles. The number of nitrogens with one attached hydrogen (secondary N) is 1. The first kappa shape index (κ1) is 9.72. The molecule has 5 heteroatoms. The fourth-order valence-corrected chi connectivity index (χ4v) is 2.07. The van der Waals surface area contributed by atoms with Crippen molar-refractivity contribution in [3.05, 3.63) is 30.1 Å². The van der Waals surface area contributed by atoms with E-state index in [1.165, 1.54) is 36.5 Å². The lowest BCUT2D eigenvalue weighted by molar-refractivity contribution is 0.628. The van der Waals surface area contributed by atoms with Gasteiger partial charge in [-0.05, 0) is 37.1 Å². The maximum atomic E-state index is 12.7. The molecule has 16 heavy (non-hydrogen) atoms. The number of hydrogen-bond donors (Lipinski definition) is 1. The molecule has 1 aliphatic rings. The maximum Gasteiger partial charge on any atom is 0.203 e. The minimum Gasteiger partial charge on any atom is -0.358 e. The van der Waals surface area contributed by atoms with E-state index in [0.29, 0.717) is 11.9 Å². The fourth-order valence-electron chi connectivity index (χ4n) is 1.40. The molecule has 0 radical (unpaired) electrons. The lowest BCUT2D eigenvalue weighted by atomic mass is 10.2. The van der Waals surface area contributed by atoms with E-state index in [1.807, 2.05) is 0 Å². The molecule has 0 bridgehead atoms. The summed E-state index contributed by atoms with van der Waals surface area (Å²) in [5.41, 5.74) is 0.849. The van der Waals surface area contributed by atoms with E-state index in [1.54, 1.807) is 12.1 Å². The molecule has 0 amide bonds. The van der Waals surface area contributed by atoms with E-state index in [4.69, 9.17) is 0 Å². The molecule has 1 N–H and O–H groups in total. The molecule has 0 saturated heterocycles. The van der Waals surface area contributed by atoms with Crippen LogP contribution in [0.4, 0.5) is 9.52 Å². The quantitative estimate of drug-likeness (QED) is 0.888. The van der Waals surface area contributed by atoms with Crippen molar-refractivity contribution in [2.45, 2.75) is 18.9 Å². The minimum atomic E-state index is -0.240. The first-order valence-corrected chi connectivity index (χ1v) is 5.95. The van der Waals surface area contributed by atoms with Crippen LogP contribution in [-0.4, -0.2) is 15.4 Å². The van der Waals surface area contributed by atoms with Gasteiger partial charge in [-0.2, -0.15) is 9.36 Å². The van der Waals surface area contributed by atoms with Gasteiger partial charge < -0.3 is 5.32 Å². The highest BCUT2D eigenvalue weighted by atomic mass is 32.1. The van der Waals surface area contributed by atoms with Crippen molar-refractivity contribution in [3.8, 4) is 11.4 Å². The molecule has 82 valence electrons. The third-order valence-electron chi connectivity index (χ3n) is 2.43. The Hall–Kier alpha value is -1.49. The minimum absolute atomic E-state index is 0.240. The first-order valence-electron chi connectivity index (χ1n) is 5.17. The zero-order chi connectivity index (χ0) is 11.0. The van der Waals surface area contributed by atoms with Crippen LogP contribution in [0, 0.1) is 5.82 Å². The molecule has 0 atom stereocenters. The lowest BCUT2D eigenvalue weighted by Gasteiger charge is -1.96. The Balaban J connectivity index is 1.82. The molecular weight excluding hydrogens is 225 g/mol. The van der Waals surface area contributed by atoms with Crippen molar-refractivity contribution in [2.75, 3.05) is 5.32 Å². The van der Waals surface area contributed by atoms with E-state index >= 15 is 0 Å². The van der Waals surface area contributed by atoms with Crippen molar-refractivity contribution < 1.29 is 4.39 Å². The van der Waals surface area contributed by atoms with Gasteiger partial charge in [0.05, 0.1) is 0 Å². The smallest absolute Gasteiger partial charge is 0.203 e. The summed E-state index contributed by atoms with van der Waals surface area (Å²) in [6.07, 6.45) is 2.43. The molecule has 1 aromatic carbocycles. The van der Waals surface area contributed by atoms with E-state index in [2.05, 4.69) is 14.7 Å². The Morgan fingerprint density at radius 1 is 1.25 bits per heavy atom. The summed E-state index contributed by atoms with van der Waals surface area (Å²) in [5, 5.41) is 4.14. The van der Waals surface area contributed by atoms with E-state index in [0.717, 1.165) is 10.7 Å². The van der Waals surface area contributed by atoms with Crippen LogP contribution in [0.2, 0.25) is 0 Å². The normalized spacial score (nSPS) is 15.1. The highest BCUT2D eigenvalue weighted by molar-refractivity contribution is 7.09. The monoisotopic (exact) mass is 235 g/mol. The van der Waals surface area contributed by atoms with Gasteiger partial charge in [0.15, 0.2) is 5.82 Å². The molecule has 0 spiro atoms. The topological polar surface area (TPSA) is 37.8 Å². The molecule has 1 heterocycles. The van der Waals surface area contributed by atoms with Crippen LogP contribution >= 0.6 is 11.5 Å². The van der Waals surface area contributed by atoms with Crippen molar-refractivity contribution in [3.63, 3.8) is 0 Å². The summed E-state index contributed by atoms with van der Waals surface area (Å²) in [6, 6.07) is 6.81. The maximum absolute atomic E-state index is 12.7. The standard InChI is InChI=1S/C11H10FN3S/c12-8-3-1-7(2-4-8)10-14-11(16-15-10)13-9-5-6-9/h1-4,9H,5-6H2,(H,13,14,15). The number of nitrogens with zero attached hydrogens (tertiary/aromatic N) is 2. The SMILES string of the molecule is Fc1ccc(-c2nsc(NC3CC3)n2)cc1. The number of rotatable bonds is 3. The Morgan fingerprint density at radius 3 is 2.69 bits per heavy atom. The van der Waals surface area contributed by atoms with Crippen LogP contribution in [0.3, 0.4) is 0 Å². The van der Waals surface area contributed by atoms with E-state index < -0.39 is 0 Å². The Morgan fingerprint density at radius 2 is 2.00 bits per heavy atom. The van der Waals surface area contributed by atoms with Gasteiger partial charge in [-0.3, -0.25) is 0 Å². The van der Waals surface area contributed by atoms with E-state index in [9.17, 15) is 4.39 Å². The molecule has 2 aromatic rings. The average Bonchev–Trinajstić information content (AvgIpc) is 2.97. The van der Waals surface area contributed by atoms with Gasteiger partial charge >= 0.3 is 0 Å². The summed E-state index contributed by atoms with van der Waals surface area (Å²) in [6.45, 7) is 0. The predicted molar refractivity (Wildman–Crippen MR) is 61.9 cm³/mol. The second kappa shape index (κ2) is 3.83. The second-order valence-electron chi connectivity index (χ2n) is 3.85. The van der Waals surface area contributed by atoms with E-state index in [-0.39, 0.29) is 5.82 Å². The predicted octanol–water partition coefficient (Wildman–Crippen LogP) is 2.92. The Kier molecular flexibility index (Phi) is 2.32. The second-order valence-corrected chi connectivity index (χ2v) is 4.60. The molecule has 3 nitrogen and oxygen atoms in total. The van der Waals surface area contributed by atoms with Crippen LogP contribution in [0.15, 0.2) is 24.3 Å². The lowest BCUT2D eigenvalue weighted by Crippen LogP contribution is -1.99. The van der Waals surface area contributed by atoms with Gasteiger partial charge in [-0.25, -0.2) is 4.39 Å². The highest BCUT2D eigenvalue weighted by Gasteiger charge is 2.22. The molecule has 0 unspecified atom stereocenters. The zero-order valence-corrected chi connectivity index (χ0v) is 9.30. The van der Waals surface area contributed by atoms with Gasteiger partial charge in [0.1, 0.15) is 5.82 Å². The number of hydrogen-bond acceptors (Lipinski definition) is 4. The Bertz CT molecular complexity index is 490. The van der Waals surface area contributed by atoms with Crippen molar-refractivity contribution in [2.24, 2.45) is 0 Å². The number of anilines is 1. The molecular formula is C11H10FN3S. The van der Waals surface area contributed by atoms with Crippen LogP contribution in [0.5, 0.6) is 0 Å². The number of benzene rings is 1. The van der Waals surface area contributed by atoms with Gasteiger partial charge in [0.2, 0.25) is 5.13 Å². The van der Waals surface area contributed by atoms with Crippen LogP contribution in [0.1, 0.15) is 12.8 Å². The van der Waals surface area contributed by atoms with Crippen molar-refractivity contribution in [1.82, 2.24) is 9.36 Å². The van der Waals surface area contributed by atoms with Gasteiger partial charge in [0, 0.05) is 23.1 Å². The summed E-state index contributed by atoms with van der Waals surface area (Å²) < 4.78 is 17.0. The molecule has 0 aliphatic heterocycles. The Labute approximate surface area is 96.5 Å². The summed E-state index contributed by atoms with van der Waals surface area (Å²) in [7, 11) is 0. The molecule has 1 aliphatic carbocycles. The zero-order valence-electron chi connectivity index (χ0n) is 8.48. The summed E-state index contributed by atoms with van der Waals surface area (Å²) in [5.74, 6) is 0.420. The van der Waals surface area contributed by atoms with Crippen molar-refractivity contribution in [1.29, 1.82) is 0 Å². The van der Waals surface area contributed by atoms with Gasteiger partial charge in [-0.1, -0.05) is 0 Å². The fraction of sp³-hybridized carbons (Fsp3) is 0.273. The third-order valence-corrected chi connectivity index (χ3v) is 3.08. The van der Waals surface area contributed by atoms with Crippen molar-refractivity contribution >= 4 is 16.7 Å². The largest absolute Gasteiger partial charge is 0.358 e. The van der Waals surface area contributed by atoms with Gasteiger partial charge in [0.25, 0.3) is 0 Å². The van der Waals surface area contributed by atoms with Gasteiger partial charge in [-0.15, -0.1) is 0 Å². The third kappa shape index (κ3) is 2.04. The average molecular weight is 235 g/mol. The molecule has 1 fully saturated rings. The number of aromatic nitrogens is 2. The van der Waals surface area contributed by atoms with Crippen LogP contribution in [0.25, 0.3) is 11.4 Å². The summed E-state index contributed by atoms with van der Waals surface area (Å²) in [4.78, 5) is 4.36. The highest BCUT2D eigenvalue weighted by Crippen LogP contribution is 2.27. The molecule has 1 saturated carbocycles. The number of halogens is 1. The van der Waals surface area contributed by atoms with Crippen LogP contribution in [-0.2, 0) is 0 Å². The van der Waals surface area contributed by atoms with Crippen LogP contribution < -0.4 is 5.32 Å².